The molecule has 5 nitrogen and oxygen atoms in total. The fourth-order valence-electron chi connectivity index (χ4n) is 4.09. The van der Waals surface area contributed by atoms with Gasteiger partial charge >= 0.3 is 0 Å². The van der Waals surface area contributed by atoms with Crippen LogP contribution in [0, 0.1) is 13.8 Å². The number of imidazole rings is 1. The third-order valence-electron chi connectivity index (χ3n) is 6.16. The van der Waals surface area contributed by atoms with Gasteiger partial charge < -0.3 is 14.6 Å². The number of para-hydroxylation sites is 2. The molecular formula is C29H33N3O2. The molecule has 4 aromatic rings. The number of nitrogens with zero attached hydrogens (tertiary/aromatic N) is 2. The van der Waals surface area contributed by atoms with E-state index in [1.165, 1.54) is 16.7 Å². The zero-order valence-corrected chi connectivity index (χ0v) is 20.1. The summed E-state index contributed by atoms with van der Waals surface area (Å²) in [5.74, 6) is 1.99. The van der Waals surface area contributed by atoms with Crippen LogP contribution < -0.4 is 10.1 Å². The van der Waals surface area contributed by atoms with Crippen LogP contribution in [0.3, 0.4) is 0 Å². The van der Waals surface area contributed by atoms with Crippen LogP contribution in [-0.4, -0.2) is 28.6 Å². The molecule has 1 N–H and O–H groups in total. The van der Waals surface area contributed by atoms with E-state index in [2.05, 4.69) is 54.1 Å². The Morgan fingerprint density at radius 1 is 0.941 bits per heavy atom. The van der Waals surface area contributed by atoms with Crippen molar-refractivity contribution in [2.75, 3.05) is 13.2 Å². The Kier molecular flexibility index (Phi) is 7.97. The van der Waals surface area contributed by atoms with E-state index in [1.807, 2.05) is 42.5 Å². The molecule has 0 aliphatic heterocycles. The van der Waals surface area contributed by atoms with Crippen molar-refractivity contribution in [1.82, 2.24) is 14.9 Å². The highest BCUT2D eigenvalue weighted by Crippen LogP contribution is 2.19. The fraction of sp³-hybridized carbons (Fsp3) is 0.310. The molecule has 0 spiro atoms. The standard InChI is InChI=1S/C29H33N3O2/c1-22-13-15-25(21-23(22)2)34-20-8-19-32-27-12-7-6-11-26(27)31-28(32)17-18-30-29(33)16-14-24-9-4-3-5-10-24/h3-7,9-13,15,21H,8,14,16-20H2,1-2H3,(H,30,33). The minimum Gasteiger partial charge on any atom is -0.494 e. The number of amides is 1. The first-order valence-corrected chi connectivity index (χ1v) is 12.0. The highest BCUT2D eigenvalue weighted by molar-refractivity contribution is 5.77. The maximum absolute atomic E-state index is 12.3. The smallest absolute Gasteiger partial charge is 0.220 e. The van der Waals surface area contributed by atoms with Gasteiger partial charge in [0.25, 0.3) is 0 Å². The molecule has 0 aliphatic rings. The Hall–Kier alpha value is -3.60. The molecule has 0 fully saturated rings. The van der Waals surface area contributed by atoms with Crippen molar-refractivity contribution in [1.29, 1.82) is 0 Å². The van der Waals surface area contributed by atoms with Crippen molar-refractivity contribution in [2.45, 2.75) is 46.1 Å². The summed E-state index contributed by atoms with van der Waals surface area (Å²) in [5.41, 5.74) is 5.81. The fourth-order valence-corrected chi connectivity index (χ4v) is 4.09. The summed E-state index contributed by atoms with van der Waals surface area (Å²) in [6.45, 7) is 6.26. The lowest BCUT2D eigenvalue weighted by molar-refractivity contribution is -0.121. The van der Waals surface area contributed by atoms with E-state index < -0.39 is 0 Å². The second-order valence-electron chi connectivity index (χ2n) is 8.70. The summed E-state index contributed by atoms with van der Waals surface area (Å²) < 4.78 is 8.24. The summed E-state index contributed by atoms with van der Waals surface area (Å²) in [6, 6.07) is 24.5. The zero-order valence-electron chi connectivity index (χ0n) is 20.1. The number of nitrogens with one attached hydrogen (secondary N) is 1. The Labute approximate surface area is 201 Å². The molecule has 0 atom stereocenters. The van der Waals surface area contributed by atoms with Crippen molar-refractivity contribution < 1.29 is 9.53 Å². The first kappa shape index (κ1) is 23.6. The summed E-state index contributed by atoms with van der Waals surface area (Å²) in [4.78, 5) is 17.1. The number of carbonyl (C=O) groups excluding carboxylic acids is 1. The van der Waals surface area contributed by atoms with E-state index >= 15 is 0 Å². The lowest BCUT2D eigenvalue weighted by atomic mass is 10.1. The van der Waals surface area contributed by atoms with Crippen LogP contribution in [0.5, 0.6) is 5.75 Å². The van der Waals surface area contributed by atoms with Crippen LogP contribution in [0.4, 0.5) is 0 Å². The first-order chi connectivity index (χ1) is 16.6. The Bertz CT molecular complexity index is 1230. The number of rotatable bonds is 11. The lowest BCUT2D eigenvalue weighted by Crippen LogP contribution is -2.26. The predicted molar refractivity (Wildman–Crippen MR) is 137 cm³/mol. The van der Waals surface area contributed by atoms with Gasteiger partial charge in [0.1, 0.15) is 11.6 Å². The largest absolute Gasteiger partial charge is 0.494 e. The van der Waals surface area contributed by atoms with Crippen LogP contribution in [0.2, 0.25) is 0 Å². The molecule has 34 heavy (non-hydrogen) atoms. The number of aryl methyl sites for hydroxylation is 4. The van der Waals surface area contributed by atoms with Crippen molar-refractivity contribution in [3.05, 3.63) is 95.3 Å². The third-order valence-corrected chi connectivity index (χ3v) is 6.16. The minimum atomic E-state index is 0.0771. The minimum absolute atomic E-state index is 0.0771. The molecule has 176 valence electrons. The molecule has 3 aromatic carbocycles. The average molecular weight is 456 g/mol. The van der Waals surface area contributed by atoms with Gasteiger partial charge in [0.2, 0.25) is 5.91 Å². The molecule has 1 heterocycles. The van der Waals surface area contributed by atoms with Gasteiger partial charge in [0.15, 0.2) is 0 Å². The second kappa shape index (κ2) is 11.5. The number of ether oxygens (including phenoxy) is 1. The maximum Gasteiger partial charge on any atom is 0.220 e. The topological polar surface area (TPSA) is 56.1 Å². The highest BCUT2D eigenvalue weighted by atomic mass is 16.5. The van der Waals surface area contributed by atoms with E-state index in [4.69, 9.17) is 9.72 Å². The van der Waals surface area contributed by atoms with Gasteiger partial charge in [0, 0.05) is 25.9 Å². The molecule has 1 aromatic heterocycles. The van der Waals surface area contributed by atoms with Gasteiger partial charge in [-0.15, -0.1) is 0 Å². The number of aromatic nitrogens is 2. The van der Waals surface area contributed by atoms with E-state index in [9.17, 15) is 4.79 Å². The number of fused-ring (bicyclic) bond motifs is 1. The molecule has 0 bridgehead atoms. The second-order valence-corrected chi connectivity index (χ2v) is 8.70. The molecule has 4 rings (SSSR count). The highest BCUT2D eigenvalue weighted by Gasteiger charge is 2.11. The Balaban J connectivity index is 1.30. The van der Waals surface area contributed by atoms with Crippen molar-refractivity contribution in [3.8, 4) is 5.75 Å². The summed E-state index contributed by atoms with van der Waals surface area (Å²) in [7, 11) is 0. The molecule has 0 saturated carbocycles. The summed E-state index contributed by atoms with van der Waals surface area (Å²) >= 11 is 0. The van der Waals surface area contributed by atoms with Crippen LogP contribution in [0.25, 0.3) is 11.0 Å². The van der Waals surface area contributed by atoms with Crippen molar-refractivity contribution in [2.24, 2.45) is 0 Å². The molecule has 0 saturated heterocycles. The summed E-state index contributed by atoms with van der Waals surface area (Å²) in [6.07, 6.45) is 2.83. The van der Waals surface area contributed by atoms with Gasteiger partial charge in [0.05, 0.1) is 17.6 Å². The van der Waals surface area contributed by atoms with Gasteiger partial charge in [-0.05, 0) is 67.6 Å². The quantitative estimate of drug-likeness (QED) is 0.308. The third kappa shape index (κ3) is 6.25. The molecule has 0 radical (unpaired) electrons. The van der Waals surface area contributed by atoms with E-state index in [-0.39, 0.29) is 5.91 Å². The molecule has 0 aliphatic carbocycles. The van der Waals surface area contributed by atoms with Crippen LogP contribution in [0.15, 0.2) is 72.8 Å². The number of benzene rings is 3. The molecular weight excluding hydrogens is 422 g/mol. The average Bonchev–Trinajstić information content (AvgIpc) is 3.20. The SMILES string of the molecule is Cc1ccc(OCCCn2c(CCNC(=O)CCc3ccccc3)nc3ccccc32)cc1C. The van der Waals surface area contributed by atoms with E-state index in [0.29, 0.717) is 26.0 Å². The maximum atomic E-state index is 12.3. The van der Waals surface area contributed by atoms with Crippen LogP contribution >= 0.6 is 0 Å². The Morgan fingerprint density at radius 3 is 2.56 bits per heavy atom. The molecule has 5 heteroatoms. The molecule has 0 unspecified atom stereocenters. The number of carbonyl (C=O) groups is 1. The molecule has 1 amide bonds. The lowest BCUT2D eigenvalue weighted by Gasteiger charge is -2.12. The normalized spacial score (nSPS) is 11.0. The number of hydrogen-bond acceptors (Lipinski definition) is 3. The van der Waals surface area contributed by atoms with Crippen molar-refractivity contribution >= 4 is 16.9 Å². The summed E-state index contributed by atoms with van der Waals surface area (Å²) in [5, 5.41) is 3.05. The first-order valence-electron chi connectivity index (χ1n) is 12.0. The van der Waals surface area contributed by atoms with Gasteiger partial charge in [-0.25, -0.2) is 4.98 Å². The van der Waals surface area contributed by atoms with Crippen LogP contribution in [-0.2, 0) is 24.2 Å². The van der Waals surface area contributed by atoms with E-state index in [1.54, 1.807) is 0 Å². The Morgan fingerprint density at radius 2 is 1.74 bits per heavy atom. The number of hydrogen-bond donors (Lipinski definition) is 1. The van der Waals surface area contributed by atoms with Gasteiger partial charge in [-0.2, -0.15) is 0 Å². The van der Waals surface area contributed by atoms with Crippen molar-refractivity contribution in [3.63, 3.8) is 0 Å². The van der Waals surface area contributed by atoms with Gasteiger partial charge in [-0.3, -0.25) is 4.79 Å². The van der Waals surface area contributed by atoms with Gasteiger partial charge in [-0.1, -0.05) is 48.5 Å². The predicted octanol–water partition coefficient (Wildman–Crippen LogP) is 5.41. The van der Waals surface area contributed by atoms with Crippen LogP contribution in [0.1, 0.15) is 35.4 Å². The monoisotopic (exact) mass is 455 g/mol. The zero-order chi connectivity index (χ0) is 23.8. The van der Waals surface area contributed by atoms with E-state index in [0.717, 1.165) is 42.0 Å².